The Morgan fingerprint density at radius 1 is 0.939 bits per heavy atom. The fraction of sp³-hybridized carbons (Fsp3) is 0.115. The van der Waals surface area contributed by atoms with Gasteiger partial charge in [-0.05, 0) is 41.5 Å². The zero-order valence-corrected chi connectivity index (χ0v) is 18.4. The Morgan fingerprint density at radius 3 is 2.70 bits per heavy atom. The van der Waals surface area contributed by atoms with Crippen molar-refractivity contribution in [2.24, 2.45) is 0 Å². The molecule has 0 fully saturated rings. The molecule has 0 saturated carbocycles. The van der Waals surface area contributed by atoms with Crippen LogP contribution in [0.5, 0.6) is 11.5 Å². The van der Waals surface area contributed by atoms with E-state index in [4.69, 9.17) is 9.72 Å². The summed E-state index contributed by atoms with van der Waals surface area (Å²) in [5.41, 5.74) is 5.02. The van der Waals surface area contributed by atoms with Crippen molar-refractivity contribution >= 4 is 26.7 Å². The molecule has 162 valence electrons. The standard InChI is InChI=1S/C26H20N4O2S/c31-23-13-17-3-1-2-4-20(17)25(23)30-26-29-21-6-5-18(15-24(21)33-26)32-19-9-12-28-22(14-19)16-7-10-27-11-8-16/h1-12,14-15,23,25,31H,13H2,(H,29,30)/t23-,25+/m0/s1. The van der Waals surface area contributed by atoms with Crippen LogP contribution in [0.4, 0.5) is 5.13 Å². The number of hydrogen-bond donors (Lipinski definition) is 2. The second kappa shape index (κ2) is 8.27. The topological polar surface area (TPSA) is 80.2 Å². The SMILES string of the molecule is O[C@H]1Cc2ccccc2[C@H]1Nc1nc2ccc(Oc3ccnc(-c4ccncc4)c3)cc2s1. The predicted molar refractivity (Wildman–Crippen MR) is 130 cm³/mol. The van der Waals surface area contributed by atoms with Crippen LogP contribution in [0.15, 0.2) is 85.3 Å². The number of pyridine rings is 2. The molecule has 0 saturated heterocycles. The highest BCUT2D eigenvalue weighted by Crippen LogP contribution is 2.37. The normalized spacial score (nSPS) is 17.1. The Kier molecular flexibility index (Phi) is 4.97. The number of aromatic nitrogens is 3. The van der Waals surface area contributed by atoms with Gasteiger partial charge in [0.1, 0.15) is 11.5 Å². The van der Waals surface area contributed by atoms with E-state index in [0.717, 1.165) is 37.9 Å². The fourth-order valence-corrected chi connectivity index (χ4v) is 5.13. The van der Waals surface area contributed by atoms with Crippen LogP contribution in [0, 0.1) is 0 Å². The van der Waals surface area contributed by atoms with Crippen molar-refractivity contribution in [1.82, 2.24) is 15.0 Å². The molecule has 3 heterocycles. The van der Waals surface area contributed by atoms with Crippen molar-refractivity contribution in [2.75, 3.05) is 5.32 Å². The summed E-state index contributed by atoms with van der Waals surface area (Å²) in [6.07, 6.45) is 5.43. The second-order valence-corrected chi connectivity index (χ2v) is 8.99. The van der Waals surface area contributed by atoms with Crippen LogP contribution >= 0.6 is 11.3 Å². The van der Waals surface area contributed by atoms with E-state index in [-0.39, 0.29) is 6.04 Å². The molecule has 33 heavy (non-hydrogen) atoms. The Bertz CT molecular complexity index is 1440. The molecule has 2 aromatic carbocycles. The zero-order chi connectivity index (χ0) is 22.2. The summed E-state index contributed by atoms with van der Waals surface area (Å²) in [6.45, 7) is 0. The van der Waals surface area contributed by atoms with Gasteiger partial charge < -0.3 is 15.2 Å². The lowest BCUT2D eigenvalue weighted by Gasteiger charge is -2.16. The van der Waals surface area contributed by atoms with Crippen LogP contribution in [0.25, 0.3) is 21.5 Å². The molecular weight excluding hydrogens is 432 g/mol. The van der Waals surface area contributed by atoms with Crippen LogP contribution < -0.4 is 10.1 Å². The Hall–Kier alpha value is -3.81. The number of anilines is 1. The van der Waals surface area contributed by atoms with E-state index in [1.54, 1.807) is 29.9 Å². The van der Waals surface area contributed by atoms with Gasteiger partial charge in [-0.1, -0.05) is 35.6 Å². The predicted octanol–water partition coefficient (Wildman–Crippen LogP) is 5.62. The van der Waals surface area contributed by atoms with Gasteiger partial charge >= 0.3 is 0 Å². The maximum Gasteiger partial charge on any atom is 0.184 e. The van der Waals surface area contributed by atoms with Crippen LogP contribution in [0.1, 0.15) is 17.2 Å². The van der Waals surface area contributed by atoms with Crippen molar-refractivity contribution in [3.05, 3.63) is 96.4 Å². The summed E-state index contributed by atoms with van der Waals surface area (Å²) in [5.74, 6) is 1.44. The van der Waals surface area contributed by atoms with Gasteiger partial charge in [0.2, 0.25) is 0 Å². The van der Waals surface area contributed by atoms with E-state index in [1.165, 1.54) is 5.56 Å². The molecule has 0 spiro atoms. The molecule has 7 heteroatoms. The number of nitrogens with zero attached hydrogens (tertiary/aromatic N) is 3. The lowest BCUT2D eigenvalue weighted by molar-refractivity contribution is 0.166. The van der Waals surface area contributed by atoms with Gasteiger partial charge in [-0.15, -0.1) is 0 Å². The van der Waals surface area contributed by atoms with Crippen molar-refractivity contribution in [3.63, 3.8) is 0 Å². The highest BCUT2D eigenvalue weighted by molar-refractivity contribution is 7.22. The van der Waals surface area contributed by atoms with Gasteiger partial charge in [-0.3, -0.25) is 9.97 Å². The van der Waals surface area contributed by atoms with Crippen molar-refractivity contribution < 1.29 is 9.84 Å². The molecule has 0 bridgehead atoms. The van der Waals surface area contributed by atoms with E-state index in [9.17, 15) is 5.11 Å². The quantitative estimate of drug-likeness (QED) is 0.360. The number of aliphatic hydroxyl groups is 1. The van der Waals surface area contributed by atoms with E-state index in [2.05, 4.69) is 27.4 Å². The number of fused-ring (bicyclic) bond motifs is 2. The van der Waals surface area contributed by atoms with Gasteiger partial charge in [0, 0.05) is 42.7 Å². The largest absolute Gasteiger partial charge is 0.457 e. The first kappa shape index (κ1) is 19.8. The van der Waals surface area contributed by atoms with Crippen molar-refractivity contribution in [2.45, 2.75) is 18.6 Å². The third kappa shape index (κ3) is 3.92. The highest BCUT2D eigenvalue weighted by Gasteiger charge is 2.31. The van der Waals surface area contributed by atoms with Crippen LogP contribution in [0.2, 0.25) is 0 Å². The molecule has 2 N–H and O–H groups in total. The molecular formula is C26H20N4O2S. The Labute approximate surface area is 194 Å². The third-order valence-electron chi connectivity index (χ3n) is 5.79. The number of benzene rings is 2. The monoisotopic (exact) mass is 452 g/mol. The fourth-order valence-electron chi connectivity index (χ4n) is 4.20. The molecule has 0 radical (unpaired) electrons. The molecule has 0 aliphatic heterocycles. The molecule has 5 aromatic rings. The minimum absolute atomic E-state index is 0.152. The lowest BCUT2D eigenvalue weighted by Crippen LogP contribution is -2.20. The molecule has 3 aromatic heterocycles. The zero-order valence-electron chi connectivity index (χ0n) is 17.6. The number of aliphatic hydroxyl groups excluding tert-OH is 1. The van der Waals surface area contributed by atoms with Gasteiger partial charge in [0.15, 0.2) is 5.13 Å². The number of ether oxygens (including phenoxy) is 1. The molecule has 0 amide bonds. The average molecular weight is 453 g/mol. The van der Waals surface area contributed by atoms with E-state index < -0.39 is 6.10 Å². The molecule has 1 aliphatic carbocycles. The van der Waals surface area contributed by atoms with Gasteiger partial charge in [-0.2, -0.15) is 0 Å². The lowest BCUT2D eigenvalue weighted by atomic mass is 10.1. The average Bonchev–Trinajstić information content (AvgIpc) is 3.39. The Morgan fingerprint density at radius 2 is 1.79 bits per heavy atom. The maximum absolute atomic E-state index is 10.5. The van der Waals surface area contributed by atoms with Crippen LogP contribution in [-0.4, -0.2) is 26.2 Å². The second-order valence-electron chi connectivity index (χ2n) is 7.96. The van der Waals surface area contributed by atoms with Gasteiger partial charge in [0.25, 0.3) is 0 Å². The van der Waals surface area contributed by atoms with Crippen molar-refractivity contribution in [3.8, 4) is 22.8 Å². The summed E-state index contributed by atoms with van der Waals surface area (Å²) in [6, 6.07) is 21.5. The first-order valence-electron chi connectivity index (χ1n) is 10.7. The van der Waals surface area contributed by atoms with E-state index >= 15 is 0 Å². The maximum atomic E-state index is 10.5. The van der Waals surface area contributed by atoms with Crippen LogP contribution in [0.3, 0.4) is 0 Å². The molecule has 6 rings (SSSR count). The van der Waals surface area contributed by atoms with Crippen LogP contribution in [-0.2, 0) is 6.42 Å². The number of thiazole rings is 1. The third-order valence-corrected chi connectivity index (χ3v) is 6.74. The first-order valence-corrected chi connectivity index (χ1v) is 11.5. The number of hydrogen-bond acceptors (Lipinski definition) is 7. The van der Waals surface area contributed by atoms with Crippen molar-refractivity contribution in [1.29, 1.82) is 0 Å². The Balaban J connectivity index is 1.23. The van der Waals surface area contributed by atoms with Gasteiger partial charge in [-0.25, -0.2) is 4.98 Å². The minimum atomic E-state index is -0.463. The summed E-state index contributed by atoms with van der Waals surface area (Å²) in [5, 5.41) is 14.8. The summed E-state index contributed by atoms with van der Waals surface area (Å²) >= 11 is 1.55. The van der Waals surface area contributed by atoms with Gasteiger partial charge in [0.05, 0.1) is 28.1 Å². The summed E-state index contributed by atoms with van der Waals surface area (Å²) < 4.78 is 7.13. The number of rotatable bonds is 5. The molecule has 1 aliphatic rings. The summed E-state index contributed by atoms with van der Waals surface area (Å²) in [7, 11) is 0. The highest BCUT2D eigenvalue weighted by atomic mass is 32.1. The molecule has 2 atom stereocenters. The van der Waals surface area contributed by atoms with E-state index in [0.29, 0.717) is 12.2 Å². The number of nitrogens with one attached hydrogen (secondary N) is 1. The summed E-state index contributed by atoms with van der Waals surface area (Å²) in [4.78, 5) is 13.2. The van der Waals surface area contributed by atoms with E-state index in [1.807, 2.05) is 54.6 Å². The smallest absolute Gasteiger partial charge is 0.184 e. The minimum Gasteiger partial charge on any atom is -0.457 e. The molecule has 6 nitrogen and oxygen atoms in total. The first-order chi connectivity index (χ1) is 16.2. The molecule has 0 unspecified atom stereocenters.